The average Bonchev–Trinajstić information content (AvgIpc) is 2.77. The fraction of sp³-hybridized carbons (Fsp3) is 0.0417. The number of urea groups is 1. The van der Waals surface area contributed by atoms with Crippen molar-refractivity contribution in [3.63, 3.8) is 0 Å². The van der Waals surface area contributed by atoms with Crippen molar-refractivity contribution in [2.24, 2.45) is 0 Å². The van der Waals surface area contributed by atoms with E-state index in [0.29, 0.717) is 5.56 Å². The first-order valence-corrected chi connectivity index (χ1v) is 11.1. The minimum Gasteiger partial charge on any atom is -0.273 e. The molecule has 1 saturated heterocycles. The highest BCUT2D eigenvalue weighted by Gasteiger charge is 2.37. The van der Waals surface area contributed by atoms with Crippen molar-refractivity contribution in [1.29, 1.82) is 0 Å². The maximum absolute atomic E-state index is 13.0. The predicted molar refractivity (Wildman–Crippen MR) is 127 cm³/mol. The predicted octanol–water partition coefficient (Wildman–Crippen LogP) is 6.12. The van der Waals surface area contributed by atoms with E-state index in [4.69, 9.17) is 23.2 Å². The quantitative estimate of drug-likeness (QED) is 0.359. The zero-order valence-corrected chi connectivity index (χ0v) is 19.1. The Hall–Kier alpha value is -3.06. The Kier molecular flexibility index (Phi) is 6.37. The molecule has 1 N–H and O–H groups in total. The minimum atomic E-state index is -0.883. The molecule has 4 rings (SSSR count). The van der Waals surface area contributed by atoms with Crippen molar-refractivity contribution in [3.8, 4) is 0 Å². The van der Waals surface area contributed by atoms with Crippen LogP contribution in [0.5, 0.6) is 0 Å². The third-order valence-electron chi connectivity index (χ3n) is 4.72. The van der Waals surface area contributed by atoms with Gasteiger partial charge in [0.05, 0.1) is 15.7 Å². The molecule has 0 unspecified atom stereocenters. The van der Waals surface area contributed by atoms with Gasteiger partial charge in [0.2, 0.25) is 0 Å². The van der Waals surface area contributed by atoms with Gasteiger partial charge in [-0.05, 0) is 55.0 Å². The fourth-order valence-corrected chi connectivity index (χ4v) is 4.28. The number of carbonyl (C=O) groups is 3. The Morgan fingerprint density at radius 3 is 2.16 bits per heavy atom. The zero-order chi connectivity index (χ0) is 22.8. The van der Waals surface area contributed by atoms with Crippen LogP contribution in [0, 0.1) is 6.92 Å². The Labute approximate surface area is 199 Å². The van der Waals surface area contributed by atoms with Gasteiger partial charge in [0.15, 0.2) is 0 Å². The highest BCUT2D eigenvalue weighted by atomic mass is 35.5. The molecule has 5 nitrogen and oxygen atoms in total. The van der Waals surface area contributed by atoms with Crippen LogP contribution in [0.3, 0.4) is 0 Å². The summed E-state index contributed by atoms with van der Waals surface area (Å²) in [6.07, 6.45) is 1.44. The first-order chi connectivity index (χ1) is 15.3. The molecule has 0 aromatic heterocycles. The van der Waals surface area contributed by atoms with E-state index in [-0.39, 0.29) is 21.3 Å². The highest BCUT2D eigenvalue weighted by molar-refractivity contribution is 7.99. The Morgan fingerprint density at radius 2 is 1.50 bits per heavy atom. The second-order valence-electron chi connectivity index (χ2n) is 7.01. The summed E-state index contributed by atoms with van der Waals surface area (Å²) in [5.74, 6) is -1.55. The average molecular weight is 483 g/mol. The van der Waals surface area contributed by atoms with Crippen molar-refractivity contribution in [2.75, 3.05) is 4.90 Å². The van der Waals surface area contributed by atoms with Crippen LogP contribution >= 0.6 is 35.0 Å². The Morgan fingerprint density at radius 1 is 0.875 bits per heavy atom. The number of aryl methyl sites for hydroxylation is 1. The molecule has 4 amide bonds. The van der Waals surface area contributed by atoms with E-state index in [1.54, 1.807) is 30.0 Å². The molecule has 1 fully saturated rings. The van der Waals surface area contributed by atoms with Gasteiger partial charge in [-0.25, -0.2) is 9.69 Å². The molecule has 0 radical (unpaired) electrons. The summed E-state index contributed by atoms with van der Waals surface area (Å²) in [6.45, 7) is 2.04. The number of barbiturate groups is 1. The second kappa shape index (κ2) is 9.20. The molecule has 1 aliphatic rings. The smallest absolute Gasteiger partial charge is 0.273 e. The molecule has 0 aliphatic carbocycles. The lowest BCUT2D eigenvalue weighted by molar-refractivity contribution is -0.122. The van der Waals surface area contributed by atoms with Crippen LogP contribution in [-0.4, -0.2) is 17.8 Å². The first-order valence-electron chi connectivity index (χ1n) is 9.53. The van der Waals surface area contributed by atoms with Crippen molar-refractivity contribution in [2.45, 2.75) is 16.7 Å². The molecule has 0 saturated carbocycles. The van der Waals surface area contributed by atoms with Gasteiger partial charge in [-0.1, -0.05) is 70.9 Å². The monoisotopic (exact) mass is 482 g/mol. The second-order valence-corrected chi connectivity index (χ2v) is 8.95. The number of nitrogens with zero attached hydrogens (tertiary/aromatic N) is 1. The molecule has 0 atom stereocenters. The van der Waals surface area contributed by atoms with Crippen LogP contribution in [0.25, 0.3) is 6.08 Å². The summed E-state index contributed by atoms with van der Waals surface area (Å²) in [6, 6.07) is 19.3. The molecule has 0 spiro atoms. The van der Waals surface area contributed by atoms with E-state index in [0.717, 1.165) is 14.7 Å². The summed E-state index contributed by atoms with van der Waals surface area (Å²) < 4.78 is 0. The number of anilines is 1. The van der Waals surface area contributed by atoms with E-state index in [9.17, 15) is 14.4 Å². The lowest BCUT2D eigenvalue weighted by Crippen LogP contribution is -2.54. The number of carbonyl (C=O) groups excluding carboxylic acids is 3. The van der Waals surface area contributed by atoms with Crippen molar-refractivity contribution >= 4 is 64.6 Å². The summed E-state index contributed by atoms with van der Waals surface area (Å²) in [5.41, 5.74) is 1.76. The van der Waals surface area contributed by atoms with Gasteiger partial charge in [0.25, 0.3) is 11.8 Å². The van der Waals surface area contributed by atoms with Crippen LogP contribution in [0.2, 0.25) is 10.0 Å². The standard InChI is InChI=1S/C24H16Cl2N2O3S/c1-14-5-9-16(10-6-14)32-17-11-7-15(8-12-17)13-18-22(29)27-24(31)28(23(18)30)20-4-2-3-19(25)21(20)26/h2-13H,1H3,(H,27,29,31)/b18-13+. The van der Waals surface area contributed by atoms with Gasteiger partial charge in [-0.3, -0.25) is 14.9 Å². The molecule has 32 heavy (non-hydrogen) atoms. The van der Waals surface area contributed by atoms with Gasteiger partial charge in [-0.15, -0.1) is 0 Å². The number of halogens is 2. The number of rotatable bonds is 4. The normalized spacial score (nSPS) is 15.3. The van der Waals surface area contributed by atoms with E-state index >= 15 is 0 Å². The number of hydrogen-bond acceptors (Lipinski definition) is 4. The lowest BCUT2D eigenvalue weighted by atomic mass is 10.1. The number of benzene rings is 3. The zero-order valence-electron chi connectivity index (χ0n) is 16.8. The van der Waals surface area contributed by atoms with Crippen LogP contribution in [0.4, 0.5) is 10.5 Å². The number of imide groups is 2. The van der Waals surface area contributed by atoms with Gasteiger partial charge < -0.3 is 0 Å². The van der Waals surface area contributed by atoms with Crippen LogP contribution in [0.15, 0.2) is 82.1 Å². The number of nitrogens with one attached hydrogen (secondary N) is 1. The van der Waals surface area contributed by atoms with Crippen molar-refractivity contribution in [3.05, 3.63) is 93.5 Å². The summed E-state index contributed by atoms with van der Waals surface area (Å²) in [5, 5.41) is 2.41. The summed E-state index contributed by atoms with van der Waals surface area (Å²) >= 11 is 13.8. The van der Waals surface area contributed by atoms with E-state index in [1.807, 2.05) is 43.3 Å². The molecule has 160 valence electrons. The first kappa shape index (κ1) is 22.1. The van der Waals surface area contributed by atoms with Crippen LogP contribution in [0.1, 0.15) is 11.1 Å². The van der Waals surface area contributed by atoms with Gasteiger partial charge in [-0.2, -0.15) is 0 Å². The molecular weight excluding hydrogens is 467 g/mol. The Balaban J connectivity index is 1.60. The largest absolute Gasteiger partial charge is 0.336 e. The summed E-state index contributed by atoms with van der Waals surface area (Å²) in [4.78, 5) is 40.7. The van der Waals surface area contributed by atoms with Crippen LogP contribution in [-0.2, 0) is 9.59 Å². The SMILES string of the molecule is Cc1ccc(Sc2ccc(/C=C3\C(=O)NC(=O)N(c4cccc(Cl)c4Cl)C3=O)cc2)cc1. The van der Waals surface area contributed by atoms with Gasteiger partial charge in [0, 0.05) is 9.79 Å². The van der Waals surface area contributed by atoms with E-state index < -0.39 is 17.8 Å². The topological polar surface area (TPSA) is 66.5 Å². The van der Waals surface area contributed by atoms with Crippen molar-refractivity contribution in [1.82, 2.24) is 5.32 Å². The number of hydrogen-bond donors (Lipinski definition) is 1. The lowest BCUT2D eigenvalue weighted by Gasteiger charge is -2.27. The van der Waals surface area contributed by atoms with E-state index in [2.05, 4.69) is 5.32 Å². The van der Waals surface area contributed by atoms with Gasteiger partial charge >= 0.3 is 6.03 Å². The fourth-order valence-electron chi connectivity index (χ4n) is 3.08. The van der Waals surface area contributed by atoms with Crippen molar-refractivity contribution < 1.29 is 14.4 Å². The minimum absolute atomic E-state index is 0.0452. The molecule has 1 heterocycles. The number of amides is 4. The third-order valence-corrected chi connectivity index (χ3v) is 6.55. The highest BCUT2D eigenvalue weighted by Crippen LogP contribution is 2.34. The molecule has 3 aromatic rings. The van der Waals surface area contributed by atoms with Gasteiger partial charge in [0.1, 0.15) is 5.57 Å². The molecule has 8 heteroatoms. The molecule has 1 aliphatic heterocycles. The summed E-state index contributed by atoms with van der Waals surface area (Å²) in [7, 11) is 0. The van der Waals surface area contributed by atoms with Crippen LogP contribution < -0.4 is 10.2 Å². The Bertz CT molecular complexity index is 1260. The maximum Gasteiger partial charge on any atom is 0.336 e. The molecule has 0 bridgehead atoms. The van der Waals surface area contributed by atoms with E-state index in [1.165, 1.54) is 23.8 Å². The maximum atomic E-state index is 13.0. The molecule has 3 aromatic carbocycles. The molecular formula is C24H16Cl2N2O3S. The third kappa shape index (κ3) is 4.58.